The minimum atomic E-state index is -0.246. The van der Waals surface area contributed by atoms with E-state index in [-0.39, 0.29) is 12.1 Å². The van der Waals surface area contributed by atoms with Crippen molar-refractivity contribution in [3.05, 3.63) is 23.5 Å². The minimum Gasteiger partial charge on any atom is -0.336 e. The van der Waals surface area contributed by atoms with Gasteiger partial charge in [-0.05, 0) is 26.0 Å². The molecule has 0 unspecified atom stereocenters. The van der Waals surface area contributed by atoms with Gasteiger partial charge in [-0.3, -0.25) is 0 Å². The first-order valence-corrected chi connectivity index (χ1v) is 4.65. The number of amides is 2. The van der Waals surface area contributed by atoms with Crippen LogP contribution in [0.4, 0.5) is 10.5 Å². The number of pyridine rings is 1. The topological polar surface area (TPSA) is 54.0 Å². The van der Waals surface area contributed by atoms with Crippen LogP contribution >= 0.6 is 11.6 Å². The van der Waals surface area contributed by atoms with Crippen LogP contribution in [0.25, 0.3) is 0 Å². The molecule has 0 aliphatic rings. The Morgan fingerprint density at radius 1 is 1.50 bits per heavy atom. The number of anilines is 1. The number of carbonyl (C=O) groups is 1. The number of hydrogen-bond acceptors (Lipinski definition) is 2. The molecule has 0 saturated heterocycles. The second-order valence-electron chi connectivity index (χ2n) is 3.12. The summed E-state index contributed by atoms with van der Waals surface area (Å²) in [7, 11) is 0. The maximum Gasteiger partial charge on any atom is 0.319 e. The van der Waals surface area contributed by atoms with Gasteiger partial charge in [-0.1, -0.05) is 11.6 Å². The number of halogens is 1. The van der Waals surface area contributed by atoms with Gasteiger partial charge in [0.25, 0.3) is 0 Å². The number of hydrogen-bond donors (Lipinski definition) is 2. The summed E-state index contributed by atoms with van der Waals surface area (Å²) in [6, 6.07) is 3.17. The first-order valence-electron chi connectivity index (χ1n) is 4.27. The number of nitrogens with zero attached hydrogens (tertiary/aromatic N) is 1. The molecule has 0 aliphatic heterocycles. The van der Waals surface area contributed by atoms with Crippen LogP contribution in [-0.4, -0.2) is 17.1 Å². The van der Waals surface area contributed by atoms with Crippen LogP contribution < -0.4 is 10.6 Å². The molecule has 76 valence electrons. The second-order valence-corrected chi connectivity index (χ2v) is 3.51. The van der Waals surface area contributed by atoms with Crippen molar-refractivity contribution in [1.82, 2.24) is 10.3 Å². The number of urea groups is 1. The lowest BCUT2D eigenvalue weighted by molar-refractivity contribution is 0.250. The Morgan fingerprint density at radius 2 is 2.21 bits per heavy atom. The van der Waals surface area contributed by atoms with Crippen molar-refractivity contribution in [3.63, 3.8) is 0 Å². The number of rotatable bonds is 2. The lowest BCUT2D eigenvalue weighted by Crippen LogP contribution is -2.34. The van der Waals surface area contributed by atoms with Crippen molar-refractivity contribution >= 4 is 23.3 Å². The molecule has 1 aromatic rings. The molecule has 1 heterocycles. The van der Waals surface area contributed by atoms with Crippen molar-refractivity contribution in [2.45, 2.75) is 19.9 Å². The van der Waals surface area contributed by atoms with Crippen molar-refractivity contribution in [1.29, 1.82) is 0 Å². The van der Waals surface area contributed by atoms with Crippen LogP contribution in [0.2, 0.25) is 5.15 Å². The Labute approximate surface area is 87.7 Å². The normalized spacial score (nSPS) is 10.0. The fraction of sp³-hybridized carbons (Fsp3) is 0.333. The predicted molar refractivity (Wildman–Crippen MR) is 56.5 cm³/mol. The smallest absolute Gasteiger partial charge is 0.319 e. The van der Waals surface area contributed by atoms with E-state index in [0.717, 1.165) is 0 Å². The van der Waals surface area contributed by atoms with E-state index in [1.807, 2.05) is 13.8 Å². The SMILES string of the molecule is CC(C)NC(=O)Nc1ccc(Cl)nc1. The fourth-order valence-electron chi connectivity index (χ4n) is 0.879. The fourth-order valence-corrected chi connectivity index (χ4v) is 0.991. The zero-order valence-corrected chi connectivity index (χ0v) is 8.80. The van der Waals surface area contributed by atoms with E-state index in [9.17, 15) is 4.79 Å². The van der Waals surface area contributed by atoms with Gasteiger partial charge in [-0.25, -0.2) is 9.78 Å². The highest BCUT2D eigenvalue weighted by atomic mass is 35.5. The van der Waals surface area contributed by atoms with E-state index in [0.29, 0.717) is 10.8 Å². The van der Waals surface area contributed by atoms with Gasteiger partial charge in [0.2, 0.25) is 0 Å². The Hall–Kier alpha value is -1.29. The molecule has 4 nitrogen and oxygen atoms in total. The Balaban J connectivity index is 2.52. The van der Waals surface area contributed by atoms with Crippen LogP contribution in [0.15, 0.2) is 18.3 Å². The maximum atomic E-state index is 11.2. The lowest BCUT2D eigenvalue weighted by atomic mass is 10.4. The summed E-state index contributed by atoms with van der Waals surface area (Å²) in [6.07, 6.45) is 1.50. The highest BCUT2D eigenvalue weighted by Crippen LogP contribution is 2.09. The third kappa shape index (κ3) is 3.62. The molecule has 14 heavy (non-hydrogen) atoms. The van der Waals surface area contributed by atoms with Crippen LogP contribution in [0.3, 0.4) is 0 Å². The van der Waals surface area contributed by atoms with E-state index in [4.69, 9.17) is 11.6 Å². The summed E-state index contributed by atoms with van der Waals surface area (Å²) >= 11 is 5.59. The number of nitrogens with one attached hydrogen (secondary N) is 2. The monoisotopic (exact) mass is 213 g/mol. The van der Waals surface area contributed by atoms with Gasteiger partial charge in [-0.2, -0.15) is 0 Å². The summed E-state index contributed by atoms with van der Waals surface area (Å²) in [4.78, 5) is 15.1. The molecule has 2 N–H and O–H groups in total. The molecule has 0 aromatic carbocycles. The molecule has 1 rings (SSSR count). The zero-order valence-electron chi connectivity index (χ0n) is 8.04. The summed E-state index contributed by atoms with van der Waals surface area (Å²) in [5, 5.41) is 5.73. The van der Waals surface area contributed by atoms with Gasteiger partial charge in [-0.15, -0.1) is 0 Å². The van der Waals surface area contributed by atoms with Gasteiger partial charge < -0.3 is 10.6 Å². The quantitative estimate of drug-likeness (QED) is 0.741. The van der Waals surface area contributed by atoms with E-state index in [1.54, 1.807) is 12.1 Å². The summed E-state index contributed by atoms with van der Waals surface area (Å²) in [5.74, 6) is 0. The molecule has 0 atom stereocenters. The first kappa shape index (κ1) is 10.8. The Bertz CT molecular complexity index is 310. The molecule has 5 heteroatoms. The predicted octanol–water partition coefficient (Wildman–Crippen LogP) is 2.26. The van der Waals surface area contributed by atoms with Crippen LogP contribution in [-0.2, 0) is 0 Å². The standard InChI is InChI=1S/C9H12ClN3O/c1-6(2)12-9(14)13-7-3-4-8(10)11-5-7/h3-6H,1-2H3,(H2,12,13,14). The van der Waals surface area contributed by atoms with Crippen molar-refractivity contribution in [2.24, 2.45) is 0 Å². The molecule has 0 bridgehead atoms. The van der Waals surface area contributed by atoms with Crippen LogP contribution in [0.1, 0.15) is 13.8 Å². The molecule has 0 fully saturated rings. The Morgan fingerprint density at radius 3 is 2.71 bits per heavy atom. The zero-order chi connectivity index (χ0) is 10.6. The Kier molecular flexibility index (Phi) is 3.71. The molecular formula is C9H12ClN3O. The van der Waals surface area contributed by atoms with Gasteiger partial charge in [0.1, 0.15) is 5.15 Å². The maximum absolute atomic E-state index is 11.2. The summed E-state index contributed by atoms with van der Waals surface area (Å²) in [5.41, 5.74) is 0.618. The molecule has 0 radical (unpaired) electrons. The largest absolute Gasteiger partial charge is 0.336 e. The van der Waals surface area contributed by atoms with E-state index in [1.165, 1.54) is 6.20 Å². The molecule has 2 amide bonds. The summed E-state index contributed by atoms with van der Waals surface area (Å²) < 4.78 is 0. The number of aromatic nitrogens is 1. The van der Waals surface area contributed by atoms with Crippen molar-refractivity contribution < 1.29 is 4.79 Å². The first-order chi connectivity index (χ1) is 6.58. The highest BCUT2D eigenvalue weighted by molar-refractivity contribution is 6.29. The average Bonchev–Trinajstić information content (AvgIpc) is 2.07. The van der Waals surface area contributed by atoms with E-state index < -0.39 is 0 Å². The van der Waals surface area contributed by atoms with Gasteiger partial charge >= 0.3 is 6.03 Å². The van der Waals surface area contributed by atoms with Crippen molar-refractivity contribution in [2.75, 3.05) is 5.32 Å². The molecule has 0 spiro atoms. The average molecular weight is 214 g/mol. The van der Waals surface area contributed by atoms with E-state index >= 15 is 0 Å². The molecule has 0 saturated carbocycles. The third-order valence-corrected chi connectivity index (χ3v) is 1.63. The minimum absolute atomic E-state index is 0.107. The third-order valence-electron chi connectivity index (χ3n) is 1.41. The van der Waals surface area contributed by atoms with E-state index in [2.05, 4.69) is 15.6 Å². The number of carbonyl (C=O) groups excluding carboxylic acids is 1. The van der Waals surface area contributed by atoms with Gasteiger partial charge in [0, 0.05) is 6.04 Å². The summed E-state index contributed by atoms with van der Waals surface area (Å²) in [6.45, 7) is 3.78. The van der Waals surface area contributed by atoms with Crippen LogP contribution in [0.5, 0.6) is 0 Å². The van der Waals surface area contributed by atoms with Crippen LogP contribution in [0, 0.1) is 0 Å². The lowest BCUT2D eigenvalue weighted by Gasteiger charge is -2.09. The van der Waals surface area contributed by atoms with Gasteiger partial charge in [0.05, 0.1) is 11.9 Å². The highest BCUT2D eigenvalue weighted by Gasteiger charge is 2.02. The molecular weight excluding hydrogens is 202 g/mol. The molecule has 1 aromatic heterocycles. The second kappa shape index (κ2) is 4.81. The molecule has 0 aliphatic carbocycles. The van der Waals surface area contributed by atoms with Crippen molar-refractivity contribution in [3.8, 4) is 0 Å². The van der Waals surface area contributed by atoms with Gasteiger partial charge in [0.15, 0.2) is 0 Å².